The van der Waals surface area contributed by atoms with Crippen LogP contribution in [-0.4, -0.2) is 18.0 Å². The Bertz CT molecular complexity index is 1530. The topological polar surface area (TPSA) is 64.4 Å². The Morgan fingerprint density at radius 2 is 1.76 bits per heavy atom. The highest BCUT2D eigenvalue weighted by Crippen LogP contribution is 2.32. The minimum Gasteiger partial charge on any atom is -0.496 e. The molecular formula is C28H24N2O3. The minimum absolute atomic E-state index is 0.229. The Labute approximate surface area is 192 Å². The standard InChI is InChI=1S/C28H24N2O3/c1-16-13-18(3)26-23(14-16)30-28(33-26)20-10-9-17(2)22(15-20)29-27(31)25-21-8-6-5-7-19(21)11-12-24(25)32-4/h5-15H,1-4H3,(H,29,31). The van der Waals surface area contributed by atoms with Gasteiger partial charge in [-0.05, 0) is 72.5 Å². The predicted octanol–water partition coefficient (Wildman–Crippen LogP) is 6.83. The van der Waals surface area contributed by atoms with Crippen LogP contribution in [0.5, 0.6) is 5.75 Å². The first kappa shape index (κ1) is 20.8. The molecule has 5 nitrogen and oxygen atoms in total. The van der Waals surface area contributed by atoms with Gasteiger partial charge in [-0.2, -0.15) is 0 Å². The summed E-state index contributed by atoms with van der Waals surface area (Å²) in [6.07, 6.45) is 0. The van der Waals surface area contributed by atoms with Crippen LogP contribution in [-0.2, 0) is 0 Å². The molecule has 4 aromatic carbocycles. The number of hydrogen-bond acceptors (Lipinski definition) is 4. The van der Waals surface area contributed by atoms with Crippen molar-refractivity contribution in [1.82, 2.24) is 4.98 Å². The van der Waals surface area contributed by atoms with Crippen molar-refractivity contribution in [1.29, 1.82) is 0 Å². The molecule has 1 amide bonds. The number of aryl methyl sites for hydroxylation is 3. The molecule has 5 aromatic rings. The molecule has 164 valence electrons. The van der Waals surface area contributed by atoms with Crippen LogP contribution in [0.3, 0.4) is 0 Å². The van der Waals surface area contributed by atoms with Gasteiger partial charge in [0.05, 0.1) is 12.7 Å². The number of carbonyl (C=O) groups excluding carboxylic acids is 1. The minimum atomic E-state index is -0.229. The second-order valence-electron chi connectivity index (χ2n) is 8.30. The fourth-order valence-electron chi connectivity index (χ4n) is 4.23. The largest absolute Gasteiger partial charge is 0.496 e. The highest BCUT2D eigenvalue weighted by atomic mass is 16.5. The van der Waals surface area contributed by atoms with Gasteiger partial charge in [0.2, 0.25) is 5.89 Å². The number of benzene rings is 4. The summed E-state index contributed by atoms with van der Waals surface area (Å²) in [4.78, 5) is 18.1. The molecule has 0 aliphatic carbocycles. The summed E-state index contributed by atoms with van der Waals surface area (Å²) in [6, 6.07) is 21.5. The zero-order valence-electron chi connectivity index (χ0n) is 19.0. The van der Waals surface area contributed by atoms with E-state index in [0.717, 1.165) is 44.1 Å². The summed E-state index contributed by atoms with van der Waals surface area (Å²) in [5.41, 5.74) is 6.74. The number of hydrogen-bond donors (Lipinski definition) is 1. The van der Waals surface area contributed by atoms with Crippen LogP contribution in [0.25, 0.3) is 33.3 Å². The second-order valence-corrected chi connectivity index (χ2v) is 8.30. The van der Waals surface area contributed by atoms with Gasteiger partial charge in [-0.3, -0.25) is 4.79 Å². The summed E-state index contributed by atoms with van der Waals surface area (Å²) in [5.74, 6) is 0.828. The van der Waals surface area contributed by atoms with Crippen LogP contribution in [0, 0.1) is 20.8 Å². The van der Waals surface area contributed by atoms with E-state index < -0.39 is 0 Å². The Balaban J connectivity index is 1.55. The van der Waals surface area contributed by atoms with Gasteiger partial charge in [0, 0.05) is 11.3 Å². The lowest BCUT2D eigenvalue weighted by molar-refractivity contribution is 0.102. The van der Waals surface area contributed by atoms with Crippen molar-refractivity contribution in [3.05, 3.63) is 89.0 Å². The maximum Gasteiger partial charge on any atom is 0.260 e. The van der Waals surface area contributed by atoms with Crippen LogP contribution >= 0.6 is 0 Å². The lowest BCUT2D eigenvalue weighted by Gasteiger charge is -2.14. The van der Waals surface area contributed by atoms with Crippen LogP contribution in [0.1, 0.15) is 27.0 Å². The summed E-state index contributed by atoms with van der Waals surface area (Å²) in [5, 5.41) is 4.89. The van der Waals surface area contributed by atoms with Crippen molar-refractivity contribution in [2.24, 2.45) is 0 Å². The molecular weight excluding hydrogens is 412 g/mol. The first-order valence-electron chi connectivity index (χ1n) is 10.8. The maximum absolute atomic E-state index is 13.4. The van der Waals surface area contributed by atoms with Crippen molar-refractivity contribution in [3.63, 3.8) is 0 Å². The average Bonchev–Trinajstić information content (AvgIpc) is 3.24. The van der Waals surface area contributed by atoms with Crippen molar-refractivity contribution in [2.75, 3.05) is 12.4 Å². The van der Waals surface area contributed by atoms with Gasteiger partial charge in [0.1, 0.15) is 11.3 Å². The monoisotopic (exact) mass is 436 g/mol. The normalized spacial score (nSPS) is 11.2. The molecule has 0 fully saturated rings. The number of amides is 1. The lowest BCUT2D eigenvalue weighted by atomic mass is 10.0. The second kappa shape index (κ2) is 8.10. The molecule has 1 aromatic heterocycles. The molecule has 33 heavy (non-hydrogen) atoms. The summed E-state index contributed by atoms with van der Waals surface area (Å²) in [6.45, 7) is 6.02. The van der Waals surface area contributed by atoms with E-state index in [2.05, 4.69) is 16.4 Å². The van der Waals surface area contributed by atoms with E-state index in [1.807, 2.05) is 81.4 Å². The Kier molecular flexibility index (Phi) is 5.09. The van der Waals surface area contributed by atoms with E-state index in [9.17, 15) is 4.79 Å². The zero-order chi connectivity index (χ0) is 23.1. The van der Waals surface area contributed by atoms with Gasteiger partial charge in [-0.25, -0.2) is 4.98 Å². The van der Waals surface area contributed by atoms with Crippen LogP contribution in [0.15, 0.2) is 71.1 Å². The Morgan fingerprint density at radius 3 is 2.58 bits per heavy atom. The van der Waals surface area contributed by atoms with Gasteiger partial charge >= 0.3 is 0 Å². The Morgan fingerprint density at radius 1 is 0.939 bits per heavy atom. The third-order valence-corrected chi connectivity index (χ3v) is 5.89. The molecule has 0 bridgehead atoms. The van der Waals surface area contributed by atoms with E-state index in [4.69, 9.17) is 9.15 Å². The van der Waals surface area contributed by atoms with E-state index in [1.165, 1.54) is 0 Å². The number of ether oxygens (including phenoxy) is 1. The maximum atomic E-state index is 13.4. The smallest absolute Gasteiger partial charge is 0.260 e. The van der Waals surface area contributed by atoms with Gasteiger partial charge < -0.3 is 14.5 Å². The number of oxazole rings is 1. The molecule has 0 saturated carbocycles. The third-order valence-electron chi connectivity index (χ3n) is 5.89. The molecule has 5 heteroatoms. The van der Waals surface area contributed by atoms with Gasteiger partial charge in [0.25, 0.3) is 5.91 Å². The number of carbonyl (C=O) groups is 1. The number of nitrogens with zero attached hydrogens (tertiary/aromatic N) is 1. The van der Waals surface area contributed by atoms with Gasteiger partial charge in [-0.15, -0.1) is 0 Å². The van der Waals surface area contributed by atoms with E-state index in [-0.39, 0.29) is 5.91 Å². The number of nitrogens with one attached hydrogen (secondary N) is 1. The average molecular weight is 437 g/mol. The number of anilines is 1. The lowest BCUT2D eigenvalue weighted by Crippen LogP contribution is -2.14. The van der Waals surface area contributed by atoms with E-state index >= 15 is 0 Å². The zero-order valence-corrected chi connectivity index (χ0v) is 19.0. The van der Waals surface area contributed by atoms with Crippen LogP contribution < -0.4 is 10.1 Å². The first-order chi connectivity index (χ1) is 15.9. The predicted molar refractivity (Wildman–Crippen MR) is 132 cm³/mol. The highest BCUT2D eigenvalue weighted by molar-refractivity contribution is 6.15. The first-order valence-corrected chi connectivity index (χ1v) is 10.8. The van der Waals surface area contributed by atoms with E-state index in [1.54, 1.807) is 7.11 Å². The molecule has 0 atom stereocenters. The molecule has 0 saturated heterocycles. The molecule has 1 heterocycles. The molecule has 0 aliphatic heterocycles. The molecule has 0 radical (unpaired) electrons. The fraction of sp³-hybridized carbons (Fsp3) is 0.143. The number of methoxy groups -OCH3 is 1. The fourth-order valence-corrected chi connectivity index (χ4v) is 4.23. The van der Waals surface area contributed by atoms with Crippen molar-refractivity contribution >= 4 is 33.5 Å². The molecule has 5 rings (SSSR count). The van der Waals surface area contributed by atoms with Crippen molar-refractivity contribution in [2.45, 2.75) is 20.8 Å². The molecule has 1 N–H and O–H groups in total. The van der Waals surface area contributed by atoms with Crippen molar-refractivity contribution < 1.29 is 13.9 Å². The SMILES string of the molecule is COc1ccc2ccccc2c1C(=O)Nc1cc(-c2nc3cc(C)cc(C)c3o2)ccc1C. The van der Waals surface area contributed by atoms with Crippen molar-refractivity contribution in [3.8, 4) is 17.2 Å². The van der Waals surface area contributed by atoms with Crippen LogP contribution in [0.4, 0.5) is 5.69 Å². The third kappa shape index (κ3) is 3.72. The Hall–Kier alpha value is -4.12. The summed E-state index contributed by atoms with van der Waals surface area (Å²) >= 11 is 0. The quantitative estimate of drug-likeness (QED) is 0.335. The summed E-state index contributed by atoms with van der Waals surface area (Å²) < 4.78 is 11.6. The van der Waals surface area contributed by atoms with Gasteiger partial charge in [0.15, 0.2) is 5.58 Å². The van der Waals surface area contributed by atoms with E-state index in [0.29, 0.717) is 22.9 Å². The number of fused-ring (bicyclic) bond motifs is 2. The van der Waals surface area contributed by atoms with Crippen LogP contribution in [0.2, 0.25) is 0 Å². The molecule has 0 unspecified atom stereocenters. The number of aromatic nitrogens is 1. The molecule has 0 aliphatic rings. The highest BCUT2D eigenvalue weighted by Gasteiger charge is 2.18. The van der Waals surface area contributed by atoms with Gasteiger partial charge in [-0.1, -0.05) is 42.5 Å². The molecule has 0 spiro atoms. The summed E-state index contributed by atoms with van der Waals surface area (Å²) in [7, 11) is 1.57. The number of rotatable bonds is 4.